The Balaban J connectivity index is 2.63. The maximum Gasteiger partial charge on any atom is 0.239 e. The summed E-state index contributed by atoms with van der Waals surface area (Å²) < 4.78 is 12.8. The van der Waals surface area contributed by atoms with Crippen molar-refractivity contribution in [3.05, 3.63) is 29.8 Å². The van der Waals surface area contributed by atoms with E-state index in [4.69, 9.17) is 0 Å². The minimum absolute atomic E-state index is 0.0685. The lowest BCUT2D eigenvalue weighted by Crippen LogP contribution is -2.45. The molecule has 4 nitrogen and oxygen atoms in total. The average Bonchev–Trinajstić information content (AvgIpc) is 2.40. The van der Waals surface area contributed by atoms with E-state index in [1.54, 1.807) is 11.0 Å². The van der Waals surface area contributed by atoms with E-state index < -0.39 is 0 Å². The molecule has 0 aromatic carbocycles. The smallest absolute Gasteiger partial charge is 0.239 e. The molecular weight excluding hydrogens is 245 g/mol. The Morgan fingerprint density at radius 3 is 2.47 bits per heavy atom. The Hall–Kier alpha value is -1.49. The molecule has 2 unspecified atom stereocenters. The van der Waals surface area contributed by atoms with Crippen molar-refractivity contribution in [1.29, 1.82) is 0 Å². The fourth-order valence-corrected chi connectivity index (χ4v) is 1.98. The molecule has 0 spiro atoms. The van der Waals surface area contributed by atoms with Crippen molar-refractivity contribution in [3.8, 4) is 0 Å². The van der Waals surface area contributed by atoms with Gasteiger partial charge in [0.2, 0.25) is 5.91 Å². The van der Waals surface area contributed by atoms with Crippen LogP contribution >= 0.6 is 0 Å². The van der Waals surface area contributed by atoms with Crippen LogP contribution in [-0.4, -0.2) is 34.9 Å². The molecule has 0 bridgehead atoms. The fourth-order valence-electron chi connectivity index (χ4n) is 1.98. The summed E-state index contributed by atoms with van der Waals surface area (Å²) in [6.45, 7) is 9.06. The second-order valence-corrected chi connectivity index (χ2v) is 4.52. The molecule has 0 aliphatic carbocycles. The highest BCUT2D eigenvalue weighted by Crippen LogP contribution is 2.11. The third-order valence-corrected chi connectivity index (χ3v) is 3.14. The highest BCUT2D eigenvalue weighted by molar-refractivity contribution is 5.81. The topological polar surface area (TPSA) is 45.2 Å². The summed E-state index contributed by atoms with van der Waals surface area (Å²) in [6.07, 6.45) is 1.18. The van der Waals surface area contributed by atoms with Gasteiger partial charge in [-0.15, -0.1) is 0 Å². The molecule has 5 heteroatoms. The number of rotatable bonds is 6. The third-order valence-electron chi connectivity index (χ3n) is 3.14. The molecule has 1 aromatic rings. The first-order valence-electron chi connectivity index (χ1n) is 6.65. The molecule has 1 aromatic heterocycles. The van der Waals surface area contributed by atoms with Gasteiger partial charge in [-0.3, -0.25) is 15.1 Å². The second-order valence-electron chi connectivity index (χ2n) is 4.52. The molecule has 0 aliphatic heterocycles. The standard InChI is InChI=1S/C14H22FN3O/c1-5-18(6-2)14(19)11(4)17-10(3)13-8-7-12(15)9-16-13/h7-11,17H,5-6H2,1-4H3. The van der Waals surface area contributed by atoms with Crippen LogP contribution in [0.25, 0.3) is 0 Å². The molecular formula is C14H22FN3O. The van der Waals surface area contributed by atoms with Crippen molar-refractivity contribution in [2.24, 2.45) is 0 Å². The number of carbonyl (C=O) groups excluding carboxylic acids is 1. The van der Waals surface area contributed by atoms with E-state index in [0.717, 1.165) is 5.69 Å². The van der Waals surface area contributed by atoms with Gasteiger partial charge in [0.1, 0.15) is 5.82 Å². The van der Waals surface area contributed by atoms with Gasteiger partial charge in [-0.2, -0.15) is 0 Å². The number of nitrogens with one attached hydrogen (secondary N) is 1. The Labute approximate surface area is 114 Å². The number of carbonyl (C=O) groups is 1. The number of hydrogen-bond acceptors (Lipinski definition) is 3. The van der Waals surface area contributed by atoms with Gasteiger partial charge in [0, 0.05) is 19.1 Å². The van der Waals surface area contributed by atoms with Gasteiger partial charge in [0.25, 0.3) is 0 Å². The van der Waals surface area contributed by atoms with E-state index in [-0.39, 0.29) is 23.8 Å². The first-order chi connectivity index (χ1) is 8.99. The van der Waals surface area contributed by atoms with Crippen LogP contribution in [0.3, 0.4) is 0 Å². The lowest BCUT2D eigenvalue weighted by molar-refractivity contribution is -0.132. The first-order valence-corrected chi connectivity index (χ1v) is 6.65. The van der Waals surface area contributed by atoms with Crippen LogP contribution in [0.2, 0.25) is 0 Å². The molecule has 0 saturated carbocycles. The van der Waals surface area contributed by atoms with Gasteiger partial charge in [-0.05, 0) is 39.8 Å². The van der Waals surface area contributed by atoms with Crippen molar-refractivity contribution < 1.29 is 9.18 Å². The number of halogens is 1. The number of amides is 1. The van der Waals surface area contributed by atoms with E-state index in [2.05, 4.69) is 10.3 Å². The quantitative estimate of drug-likeness (QED) is 0.858. The average molecular weight is 267 g/mol. The zero-order chi connectivity index (χ0) is 14.4. The summed E-state index contributed by atoms with van der Waals surface area (Å²) >= 11 is 0. The molecule has 0 saturated heterocycles. The normalized spacial score (nSPS) is 13.9. The summed E-state index contributed by atoms with van der Waals surface area (Å²) in [4.78, 5) is 17.9. The molecule has 0 radical (unpaired) electrons. The lowest BCUT2D eigenvalue weighted by atomic mass is 10.1. The molecule has 106 valence electrons. The van der Waals surface area contributed by atoms with Crippen LogP contribution in [0.5, 0.6) is 0 Å². The van der Waals surface area contributed by atoms with Crippen LogP contribution < -0.4 is 5.32 Å². The summed E-state index contributed by atoms with van der Waals surface area (Å²) in [5, 5.41) is 3.19. The van der Waals surface area contributed by atoms with Crippen molar-refractivity contribution in [2.45, 2.75) is 39.8 Å². The zero-order valence-electron chi connectivity index (χ0n) is 12.0. The summed E-state index contributed by atoms with van der Waals surface area (Å²) in [7, 11) is 0. The maximum absolute atomic E-state index is 12.8. The monoisotopic (exact) mass is 267 g/mol. The third kappa shape index (κ3) is 4.28. The number of pyridine rings is 1. The molecule has 2 atom stereocenters. The summed E-state index contributed by atoms with van der Waals surface area (Å²) in [6, 6.07) is 2.61. The predicted molar refractivity (Wildman–Crippen MR) is 73.1 cm³/mol. The summed E-state index contributed by atoms with van der Waals surface area (Å²) in [5.41, 5.74) is 0.723. The Kier molecular flexibility index (Phi) is 5.89. The van der Waals surface area contributed by atoms with Crippen molar-refractivity contribution in [3.63, 3.8) is 0 Å². The number of nitrogens with zero attached hydrogens (tertiary/aromatic N) is 2. The number of hydrogen-bond donors (Lipinski definition) is 1. The molecule has 19 heavy (non-hydrogen) atoms. The van der Waals surface area contributed by atoms with Crippen LogP contribution in [0.4, 0.5) is 4.39 Å². The second kappa shape index (κ2) is 7.19. The van der Waals surface area contributed by atoms with Crippen molar-refractivity contribution in [2.75, 3.05) is 13.1 Å². The largest absolute Gasteiger partial charge is 0.342 e. The van der Waals surface area contributed by atoms with E-state index in [0.29, 0.717) is 13.1 Å². The Morgan fingerprint density at radius 2 is 2.00 bits per heavy atom. The molecule has 1 heterocycles. The Morgan fingerprint density at radius 1 is 1.37 bits per heavy atom. The minimum atomic E-state index is -0.358. The van der Waals surface area contributed by atoms with Gasteiger partial charge in [-0.1, -0.05) is 0 Å². The number of likely N-dealkylation sites (N-methyl/N-ethyl adjacent to an activating group) is 1. The van der Waals surface area contributed by atoms with Crippen LogP contribution in [-0.2, 0) is 4.79 Å². The van der Waals surface area contributed by atoms with Gasteiger partial charge < -0.3 is 4.90 Å². The SMILES string of the molecule is CCN(CC)C(=O)C(C)NC(C)c1ccc(F)cn1. The predicted octanol–water partition coefficient (Wildman–Crippen LogP) is 2.13. The number of aromatic nitrogens is 1. The van der Waals surface area contributed by atoms with Gasteiger partial charge >= 0.3 is 0 Å². The highest BCUT2D eigenvalue weighted by atomic mass is 19.1. The minimum Gasteiger partial charge on any atom is -0.342 e. The van der Waals surface area contributed by atoms with Gasteiger partial charge in [-0.25, -0.2) is 4.39 Å². The van der Waals surface area contributed by atoms with E-state index in [1.807, 2.05) is 27.7 Å². The van der Waals surface area contributed by atoms with E-state index in [9.17, 15) is 9.18 Å². The molecule has 0 aliphatic rings. The lowest BCUT2D eigenvalue weighted by Gasteiger charge is -2.25. The van der Waals surface area contributed by atoms with Crippen LogP contribution in [0.1, 0.15) is 39.4 Å². The van der Waals surface area contributed by atoms with Crippen LogP contribution in [0.15, 0.2) is 18.3 Å². The van der Waals surface area contributed by atoms with Crippen molar-refractivity contribution >= 4 is 5.91 Å². The van der Waals surface area contributed by atoms with Crippen molar-refractivity contribution in [1.82, 2.24) is 15.2 Å². The van der Waals surface area contributed by atoms with E-state index >= 15 is 0 Å². The maximum atomic E-state index is 12.8. The first kappa shape index (κ1) is 15.6. The molecule has 1 rings (SSSR count). The Bertz CT molecular complexity index is 404. The van der Waals surface area contributed by atoms with Gasteiger partial charge in [0.15, 0.2) is 0 Å². The molecule has 1 N–H and O–H groups in total. The zero-order valence-corrected chi connectivity index (χ0v) is 12.0. The molecule has 0 fully saturated rings. The van der Waals surface area contributed by atoms with E-state index in [1.165, 1.54) is 12.3 Å². The molecule has 1 amide bonds. The van der Waals surface area contributed by atoms with Gasteiger partial charge in [0.05, 0.1) is 17.9 Å². The summed E-state index contributed by atoms with van der Waals surface area (Å²) in [5.74, 6) is -0.290. The van der Waals surface area contributed by atoms with Crippen LogP contribution in [0, 0.1) is 5.82 Å². The highest BCUT2D eigenvalue weighted by Gasteiger charge is 2.20. The fraction of sp³-hybridized carbons (Fsp3) is 0.571.